The molecule has 1 aromatic heterocycles. The van der Waals surface area contributed by atoms with E-state index in [-0.39, 0.29) is 21.9 Å². The van der Waals surface area contributed by atoms with Crippen molar-refractivity contribution in [1.29, 1.82) is 0 Å². The lowest BCUT2D eigenvalue weighted by Crippen LogP contribution is -1.97. The van der Waals surface area contributed by atoms with Crippen molar-refractivity contribution in [2.24, 2.45) is 0 Å². The van der Waals surface area contributed by atoms with E-state index in [9.17, 15) is 8.78 Å². The molecule has 3 aromatic rings. The van der Waals surface area contributed by atoms with Crippen LogP contribution < -0.4 is 4.74 Å². The molecule has 3 rings (SSSR count). The number of halogens is 3. The second-order valence-corrected chi connectivity index (χ2v) is 4.68. The summed E-state index contributed by atoms with van der Waals surface area (Å²) < 4.78 is 32.4. The molecule has 21 heavy (non-hydrogen) atoms. The Morgan fingerprint density at radius 2 is 1.86 bits per heavy atom. The van der Waals surface area contributed by atoms with E-state index in [1.807, 2.05) is 0 Å². The quantitative estimate of drug-likeness (QED) is 0.664. The van der Waals surface area contributed by atoms with Crippen LogP contribution in [0.4, 0.5) is 8.78 Å². The molecule has 0 aliphatic rings. The molecule has 2 aromatic carbocycles. The molecule has 0 fully saturated rings. The van der Waals surface area contributed by atoms with Gasteiger partial charge in [0.15, 0.2) is 11.6 Å². The number of ether oxygens (including phenoxy) is 1. The Kier molecular flexibility index (Phi) is 3.43. The maximum absolute atomic E-state index is 13.9. The fourth-order valence-corrected chi connectivity index (χ4v) is 2.29. The molecular formula is C15H9ClF2N2O. The van der Waals surface area contributed by atoms with Gasteiger partial charge in [0.1, 0.15) is 22.2 Å². The van der Waals surface area contributed by atoms with E-state index in [0.717, 1.165) is 12.1 Å². The number of rotatable bonds is 2. The van der Waals surface area contributed by atoms with Crippen LogP contribution in [0.5, 0.6) is 5.75 Å². The smallest absolute Gasteiger partial charge is 0.165 e. The molecule has 1 heterocycles. The Morgan fingerprint density at radius 3 is 2.62 bits per heavy atom. The molecule has 106 valence electrons. The van der Waals surface area contributed by atoms with Gasteiger partial charge in [0.25, 0.3) is 0 Å². The zero-order valence-corrected chi connectivity index (χ0v) is 11.7. The van der Waals surface area contributed by atoms with E-state index in [1.54, 1.807) is 24.3 Å². The predicted octanol–water partition coefficient (Wildman–Crippen LogP) is 4.24. The number of hydrogen-bond donors (Lipinski definition) is 0. The molecule has 3 nitrogen and oxygen atoms in total. The van der Waals surface area contributed by atoms with Crippen molar-refractivity contribution in [2.45, 2.75) is 0 Å². The number of para-hydroxylation sites is 1. The monoisotopic (exact) mass is 306 g/mol. The molecule has 0 radical (unpaired) electrons. The molecule has 6 heteroatoms. The second kappa shape index (κ2) is 5.26. The third kappa shape index (κ3) is 2.40. The maximum atomic E-state index is 13.9. The lowest BCUT2D eigenvalue weighted by molar-refractivity contribution is 0.416. The average Bonchev–Trinajstić information content (AvgIpc) is 2.48. The van der Waals surface area contributed by atoms with Crippen LogP contribution in [0.3, 0.4) is 0 Å². The first-order valence-corrected chi connectivity index (χ1v) is 6.43. The lowest BCUT2D eigenvalue weighted by atomic mass is 10.1. The Labute approximate surface area is 124 Å². The number of aromatic nitrogens is 2. The topological polar surface area (TPSA) is 35.0 Å². The first-order chi connectivity index (χ1) is 10.1. The summed E-state index contributed by atoms with van der Waals surface area (Å²) in [6.45, 7) is 0. The molecule has 0 saturated carbocycles. The van der Waals surface area contributed by atoms with Crippen LogP contribution in [-0.4, -0.2) is 17.1 Å². The van der Waals surface area contributed by atoms with Crippen LogP contribution in [0.15, 0.2) is 36.4 Å². The van der Waals surface area contributed by atoms with Crippen LogP contribution in [-0.2, 0) is 0 Å². The highest BCUT2D eigenvalue weighted by atomic mass is 35.5. The highest BCUT2D eigenvalue weighted by Gasteiger charge is 2.15. The predicted molar refractivity (Wildman–Crippen MR) is 76.5 cm³/mol. The molecular weight excluding hydrogens is 298 g/mol. The summed E-state index contributed by atoms with van der Waals surface area (Å²) in [5.41, 5.74) is 0.546. The number of fused-ring (bicyclic) bond motifs is 1. The molecule has 0 saturated heterocycles. The minimum absolute atomic E-state index is 0.0145. The van der Waals surface area contributed by atoms with Crippen LogP contribution in [0.2, 0.25) is 5.15 Å². The van der Waals surface area contributed by atoms with Gasteiger partial charge in [0.2, 0.25) is 0 Å². The lowest BCUT2D eigenvalue weighted by Gasteiger charge is -2.09. The number of hydrogen-bond acceptors (Lipinski definition) is 3. The SMILES string of the molecule is COc1ccccc1-c1nc(Cl)c2cc(F)cc(F)c2n1. The minimum atomic E-state index is -0.787. The van der Waals surface area contributed by atoms with E-state index in [2.05, 4.69) is 9.97 Å². The van der Waals surface area contributed by atoms with Gasteiger partial charge in [-0.3, -0.25) is 0 Å². The highest BCUT2D eigenvalue weighted by Crippen LogP contribution is 2.31. The molecule has 0 N–H and O–H groups in total. The Bertz CT molecular complexity index is 839. The van der Waals surface area contributed by atoms with Gasteiger partial charge in [-0.15, -0.1) is 0 Å². The highest BCUT2D eigenvalue weighted by molar-refractivity contribution is 6.34. The van der Waals surface area contributed by atoms with Crippen LogP contribution >= 0.6 is 11.6 Å². The summed E-state index contributed by atoms with van der Waals surface area (Å²) in [5.74, 6) is -0.758. The Balaban J connectivity index is 2.30. The van der Waals surface area contributed by atoms with Crippen LogP contribution in [0.25, 0.3) is 22.3 Å². The third-order valence-corrected chi connectivity index (χ3v) is 3.31. The fraction of sp³-hybridized carbons (Fsp3) is 0.0667. The average molecular weight is 307 g/mol. The minimum Gasteiger partial charge on any atom is -0.496 e. The molecule has 0 aliphatic carbocycles. The zero-order chi connectivity index (χ0) is 15.0. The normalized spacial score (nSPS) is 10.9. The Hall–Kier alpha value is -2.27. The van der Waals surface area contributed by atoms with E-state index < -0.39 is 11.6 Å². The van der Waals surface area contributed by atoms with Gasteiger partial charge in [-0.2, -0.15) is 0 Å². The van der Waals surface area contributed by atoms with E-state index >= 15 is 0 Å². The van der Waals surface area contributed by atoms with Gasteiger partial charge in [-0.1, -0.05) is 23.7 Å². The summed E-state index contributed by atoms with van der Waals surface area (Å²) in [6, 6.07) is 8.90. The van der Waals surface area contributed by atoms with Crippen molar-refractivity contribution >= 4 is 22.5 Å². The maximum Gasteiger partial charge on any atom is 0.165 e. The molecule has 0 aliphatic heterocycles. The van der Waals surface area contributed by atoms with Gasteiger partial charge < -0.3 is 4.74 Å². The fourth-order valence-electron chi connectivity index (χ4n) is 2.07. The van der Waals surface area contributed by atoms with Crippen LogP contribution in [0.1, 0.15) is 0 Å². The Morgan fingerprint density at radius 1 is 1.10 bits per heavy atom. The van der Waals surface area contributed by atoms with Gasteiger partial charge in [0.05, 0.1) is 12.7 Å². The number of nitrogens with zero attached hydrogens (tertiary/aromatic N) is 2. The standard InChI is InChI=1S/C15H9ClF2N2O/c1-21-12-5-3-2-4-9(12)15-19-13-10(14(16)20-15)6-8(17)7-11(13)18/h2-7H,1H3. The first kappa shape index (κ1) is 13.7. The number of benzene rings is 2. The molecule has 0 unspecified atom stereocenters. The molecule has 0 amide bonds. The van der Waals surface area contributed by atoms with Gasteiger partial charge >= 0.3 is 0 Å². The molecule has 0 bridgehead atoms. The van der Waals surface area contributed by atoms with Crippen molar-refractivity contribution in [2.75, 3.05) is 7.11 Å². The van der Waals surface area contributed by atoms with E-state index in [0.29, 0.717) is 11.3 Å². The van der Waals surface area contributed by atoms with Gasteiger partial charge in [0, 0.05) is 11.5 Å². The van der Waals surface area contributed by atoms with Gasteiger partial charge in [-0.05, 0) is 18.2 Å². The van der Waals surface area contributed by atoms with Crippen molar-refractivity contribution in [3.05, 3.63) is 53.2 Å². The summed E-state index contributed by atoms with van der Waals surface area (Å²) in [5, 5.41) is 0.118. The third-order valence-electron chi connectivity index (χ3n) is 3.02. The van der Waals surface area contributed by atoms with E-state index in [1.165, 1.54) is 7.11 Å². The number of methoxy groups -OCH3 is 1. The van der Waals surface area contributed by atoms with Crippen molar-refractivity contribution in [1.82, 2.24) is 9.97 Å². The van der Waals surface area contributed by atoms with Crippen molar-refractivity contribution in [3.63, 3.8) is 0 Å². The summed E-state index contributed by atoms with van der Waals surface area (Å²) >= 11 is 6.03. The summed E-state index contributed by atoms with van der Waals surface area (Å²) in [6.07, 6.45) is 0. The first-order valence-electron chi connectivity index (χ1n) is 6.06. The van der Waals surface area contributed by atoms with Crippen LogP contribution in [0, 0.1) is 11.6 Å². The summed E-state index contributed by atoms with van der Waals surface area (Å²) in [7, 11) is 1.51. The van der Waals surface area contributed by atoms with Crippen molar-refractivity contribution in [3.8, 4) is 17.1 Å². The summed E-state index contributed by atoms with van der Waals surface area (Å²) in [4.78, 5) is 8.24. The second-order valence-electron chi connectivity index (χ2n) is 4.32. The largest absolute Gasteiger partial charge is 0.496 e. The zero-order valence-electron chi connectivity index (χ0n) is 10.9. The van der Waals surface area contributed by atoms with Crippen molar-refractivity contribution < 1.29 is 13.5 Å². The van der Waals surface area contributed by atoms with Gasteiger partial charge in [-0.25, -0.2) is 18.7 Å². The van der Waals surface area contributed by atoms with E-state index in [4.69, 9.17) is 16.3 Å². The molecule has 0 spiro atoms. The molecule has 0 atom stereocenters.